The van der Waals surface area contributed by atoms with Gasteiger partial charge in [0.2, 0.25) is 0 Å². The van der Waals surface area contributed by atoms with Gasteiger partial charge in [-0.1, -0.05) is 28.1 Å². The van der Waals surface area contributed by atoms with Crippen LogP contribution in [0.1, 0.15) is 22.2 Å². The SMILES string of the molecule is COCCNC(c1ccc(C)c(Br)c1)c1nccs1. The van der Waals surface area contributed by atoms with Gasteiger partial charge >= 0.3 is 0 Å². The average molecular weight is 341 g/mol. The van der Waals surface area contributed by atoms with Crippen LogP contribution in [0.25, 0.3) is 0 Å². The molecule has 0 bridgehead atoms. The van der Waals surface area contributed by atoms with E-state index in [1.54, 1.807) is 18.4 Å². The van der Waals surface area contributed by atoms with Crippen LogP contribution in [0.2, 0.25) is 0 Å². The molecule has 1 atom stereocenters. The number of aromatic nitrogens is 1. The standard InChI is InChI=1S/C14H17BrN2OS/c1-10-3-4-11(9-12(10)15)13(16-5-7-18-2)14-17-6-8-19-14/h3-4,6,8-9,13,16H,5,7H2,1-2H3. The summed E-state index contributed by atoms with van der Waals surface area (Å²) < 4.78 is 6.22. The van der Waals surface area contributed by atoms with Crippen LogP contribution < -0.4 is 5.32 Å². The van der Waals surface area contributed by atoms with Crippen molar-refractivity contribution in [1.82, 2.24) is 10.3 Å². The molecule has 0 spiro atoms. The van der Waals surface area contributed by atoms with E-state index in [0.717, 1.165) is 16.0 Å². The summed E-state index contributed by atoms with van der Waals surface area (Å²) >= 11 is 5.25. The highest BCUT2D eigenvalue weighted by Gasteiger charge is 2.16. The van der Waals surface area contributed by atoms with Crippen molar-refractivity contribution in [2.24, 2.45) is 0 Å². The fourth-order valence-corrected chi connectivity index (χ4v) is 2.95. The van der Waals surface area contributed by atoms with Crippen LogP contribution in [0.5, 0.6) is 0 Å². The summed E-state index contributed by atoms with van der Waals surface area (Å²) in [6, 6.07) is 6.54. The third-order valence-electron chi connectivity index (χ3n) is 2.88. The fourth-order valence-electron chi connectivity index (χ4n) is 1.82. The Bertz CT molecular complexity index is 516. The van der Waals surface area contributed by atoms with Gasteiger partial charge in [-0.15, -0.1) is 11.3 Å². The molecule has 0 saturated carbocycles. The van der Waals surface area contributed by atoms with Crippen LogP contribution >= 0.6 is 27.3 Å². The van der Waals surface area contributed by atoms with E-state index in [1.807, 2.05) is 11.6 Å². The van der Waals surface area contributed by atoms with Gasteiger partial charge in [0.15, 0.2) is 0 Å². The van der Waals surface area contributed by atoms with Crippen molar-refractivity contribution >= 4 is 27.3 Å². The second kappa shape index (κ2) is 7.14. The van der Waals surface area contributed by atoms with Crippen LogP contribution in [-0.4, -0.2) is 25.2 Å². The molecule has 19 heavy (non-hydrogen) atoms. The Morgan fingerprint density at radius 3 is 2.95 bits per heavy atom. The van der Waals surface area contributed by atoms with E-state index in [9.17, 15) is 0 Å². The Morgan fingerprint density at radius 1 is 1.47 bits per heavy atom. The maximum atomic E-state index is 5.10. The van der Waals surface area contributed by atoms with E-state index in [4.69, 9.17) is 4.74 Å². The highest BCUT2D eigenvalue weighted by molar-refractivity contribution is 9.10. The van der Waals surface area contributed by atoms with Crippen LogP contribution in [0, 0.1) is 6.92 Å². The number of ether oxygens (including phenoxy) is 1. The molecule has 1 aromatic heterocycles. The van der Waals surface area contributed by atoms with E-state index in [0.29, 0.717) is 6.61 Å². The van der Waals surface area contributed by atoms with Crippen molar-refractivity contribution in [2.45, 2.75) is 13.0 Å². The lowest BCUT2D eigenvalue weighted by molar-refractivity contribution is 0.197. The van der Waals surface area contributed by atoms with Gasteiger partial charge in [0, 0.05) is 29.7 Å². The monoisotopic (exact) mass is 340 g/mol. The molecule has 0 aliphatic heterocycles. The third kappa shape index (κ3) is 3.86. The zero-order valence-corrected chi connectivity index (χ0v) is 13.4. The largest absolute Gasteiger partial charge is 0.383 e. The summed E-state index contributed by atoms with van der Waals surface area (Å²) in [6.07, 6.45) is 1.84. The summed E-state index contributed by atoms with van der Waals surface area (Å²) in [5.74, 6) is 0. The molecular formula is C14H17BrN2OS. The van der Waals surface area contributed by atoms with Crippen LogP contribution in [0.3, 0.4) is 0 Å². The molecule has 0 fully saturated rings. The van der Waals surface area contributed by atoms with Gasteiger partial charge in [-0.2, -0.15) is 0 Å². The first-order valence-corrected chi connectivity index (χ1v) is 7.77. The highest BCUT2D eigenvalue weighted by atomic mass is 79.9. The molecule has 0 amide bonds. The van der Waals surface area contributed by atoms with Gasteiger partial charge in [-0.3, -0.25) is 0 Å². The Kier molecular flexibility index (Phi) is 5.51. The van der Waals surface area contributed by atoms with Crippen LogP contribution in [0.4, 0.5) is 0 Å². The fraction of sp³-hybridized carbons (Fsp3) is 0.357. The smallest absolute Gasteiger partial charge is 0.114 e. The molecule has 1 unspecified atom stereocenters. The van der Waals surface area contributed by atoms with Crippen molar-refractivity contribution in [3.05, 3.63) is 50.4 Å². The first-order valence-electron chi connectivity index (χ1n) is 6.10. The van der Waals surface area contributed by atoms with Crippen molar-refractivity contribution in [3.8, 4) is 0 Å². The molecule has 1 heterocycles. The molecule has 102 valence electrons. The van der Waals surface area contributed by atoms with Gasteiger partial charge in [0.25, 0.3) is 0 Å². The second-order valence-corrected chi connectivity index (χ2v) is 6.04. The topological polar surface area (TPSA) is 34.1 Å². The number of aryl methyl sites for hydroxylation is 1. The van der Waals surface area contributed by atoms with Crippen LogP contribution in [0.15, 0.2) is 34.2 Å². The third-order valence-corrected chi connectivity index (χ3v) is 4.58. The minimum atomic E-state index is 0.118. The number of halogens is 1. The number of methoxy groups -OCH3 is 1. The summed E-state index contributed by atoms with van der Waals surface area (Å²) in [7, 11) is 1.71. The first kappa shape index (κ1) is 14.7. The molecule has 2 aromatic rings. The molecule has 0 aliphatic rings. The molecular weight excluding hydrogens is 324 g/mol. The number of rotatable bonds is 6. The van der Waals surface area contributed by atoms with Crippen molar-refractivity contribution in [2.75, 3.05) is 20.3 Å². The van der Waals surface area contributed by atoms with Gasteiger partial charge in [-0.25, -0.2) is 4.98 Å². The number of nitrogens with one attached hydrogen (secondary N) is 1. The molecule has 0 saturated heterocycles. The lowest BCUT2D eigenvalue weighted by atomic mass is 10.1. The second-order valence-electron chi connectivity index (χ2n) is 4.26. The van der Waals surface area contributed by atoms with Crippen molar-refractivity contribution in [1.29, 1.82) is 0 Å². The number of hydrogen-bond donors (Lipinski definition) is 1. The molecule has 0 radical (unpaired) electrons. The predicted octanol–water partition coefficient (Wildman–Crippen LogP) is 3.54. The maximum Gasteiger partial charge on any atom is 0.114 e. The molecule has 2 rings (SSSR count). The number of benzene rings is 1. The average Bonchev–Trinajstić information content (AvgIpc) is 2.92. The predicted molar refractivity (Wildman–Crippen MR) is 82.7 cm³/mol. The summed E-state index contributed by atoms with van der Waals surface area (Å²) in [5, 5.41) is 6.57. The Hall–Kier alpha value is -0.750. The van der Waals surface area contributed by atoms with E-state index in [-0.39, 0.29) is 6.04 Å². The summed E-state index contributed by atoms with van der Waals surface area (Å²) in [5.41, 5.74) is 2.45. The Balaban J connectivity index is 2.23. The lowest BCUT2D eigenvalue weighted by Crippen LogP contribution is -2.26. The Labute approximate surface area is 126 Å². The zero-order chi connectivity index (χ0) is 13.7. The summed E-state index contributed by atoms with van der Waals surface area (Å²) in [6.45, 7) is 3.58. The van der Waals surface area contributed by atoms with Gasteiger partial charge in [0.05, 0.1) is 12.6 Å². The molecule has 3 nitrogen and oxygen atoms in total. The molecule has 1 aromatic carbocycles. The number of hydrogen-bond acceptors (Lipinski definition) is 4. The van der Waals surface area contributed by atoms with E-state index < -0.39 is 0 Å². The highest BCUT2D eigenvalue weighted by Crippen LogP contribution is 2.27. The number of thiazole rings is 1. The van der Waals surface area contributed by atoms with Gasteiger partial charge in [-0.05, 0) is 24.1 Å². The summed E-state index contributed by atoms with van der Waals surface area (Å²) in [4.78, 5) is 4.42. The van der Waals surface area contributed by atoms with Gasteiger partial charge in [0.1, 0.15) is 5.01 Å². The zero-order valence-electron chi connectivity index (χ0n) is 11.0. The normalized spacial score (nSPS) is 12.6. The minimum Gasteiger partial charge on any atom is -0.383 e. The van der Waals surface area contributed by atoms with E-state index >= 15 is 0 Å². The lowest BCUT2D eigenvalue weighted by Gasteiger charge is -2.17. The maximum absolute atomic E-state index is 5.10. The van der Waals surface area contributed by atoms with E-state index in [2.05, 4.69) is 51.4 Å². The molecule has 0 aliphatic carbocycles. The molecule has 1 N–H and O–H groups in total. The van der Waals surface area contributed by atoms with Crippen molar-refractivity contribution < 1.29 is 4.74 Å². The number of nitrogens with zero attached hydrogens (tertiary/aromatic N) is 1. The Morgan fingerprint density at radius 2 is 2.32 bits per heavy atom. The quantitative estimate of drug-likeness (QED) is 0.816. The van der Waals surface area contributed by atoms with Gasteiger partial charge < -0.3 is 10.1 Å². The van der Waals surface area contributed by atoms with Crippen LogP contribution in [-0.2, 0) is 4.74 Å². The molecule has 5 heteroatoms. The first-order chi connectivity index (χ1) is 9.22. The van der Waals surface area contributed by atoms with Crippen molar-refractivity contribution in [3.63, 3.8) is 0 Å². The van der Waals surface area contributed by atoms with E-state index in [1.165, 1.54) is 11.1 Å². The minimum absolute atomic E-state index is 0.118.